The number of nitrogens with zero attached hydrogens (tertiary/aromatic N) is 4. The Hall–Kier alpha value is -4.25. The third-order valence-corrected chi connectivity index (χ3v) is 7.49. The first kappa shape index (κ1) is 26.0. The molecule has 10 heteroatoms. The Balaban J connectivity index is 1.32. The molecule has 2 aliphatic rings. The number of carbonyl (C=O) groups is 1. The molecular formula is C30H30FN5O4. The molecule has 2 N–H and O–H groups in total. The highest BCUT2D eigenvalue weighted by Crippen LogP contribution is 2.35. The molecule has 1 amide bonds. The zero-order valence-electron chi connectivity index (χ0n) is 22.4. The van der Waals surface area contributed by atoms with Crippen molar-refractivity contribution >= 4 is 33.9 Å². The van der Waals surface area contributed by atoms with Crippen LogP contribution in [0.4, 0.5) is 15.8 Å². The number of amides is 1. The molecule has 0 bridgehead atoms. The SMILES string of the molecule is CN1CCN(CC(=O)N(C)c2ccc(N=C(c3ccc4c(c3)OOC4)c3c(O)[nH]c4cc(F)ccc34)cc2)CC1. The highest BCUT2D eigenvalue weighted by Gasteiger charge is 2.23. The van der Waals surface area contributed by atoms with E-state index in [-0.39, 0.29) is 11.8 Å². The van der Waals surface area contributed by atoms with Crippen molar-refractivity contribution in [2.24, 2.45) is 4.99 Å². The summed E-state index contributed by atoms with van der Waals surface area (Å²) in [4.78, 5) is 37.2. The smallest absolute Gasteiger partial charge is 0.240 e. The second-order valence-electron chi connectivity index (χ2n) is 10.2. The number of aromatic amines is 1. The number of H-pyrrole nitrogens is 1. The van der Waals surface area contributed by atoms with Gasteiger partial charge in [-0.1, -0.05) is 12.1 Å². The van der Waals surface area contributed by atoms with Crippen molar-refractivity contribution in [3.05, 3.63) is 83.2 Å². The minimum absolute atomic E-state index is 0.0257. The molecule has 1 saturated heterocycles. The molecular weight excluding hydrogens is 513 g/mol. The van der Waals surface area contributed by atoms with E-state index >= 15 is 0 Å². The van der Waals surface area contributed by atoms with Gasteiger partial charge in [0.05, 0.1) is 29.0 Å². The molecule has 0 aliphatic carbocycles. The molecule has 3 heterocycles. The molecule has 0 spiro atoms. The monoisotopic (exact) mass is 543 g/mol. The van der Waals surface area contributed by atoms with Gasteiger partial charge in [0.15, 0.2) is 11.6 Å². The van der Waals surface area contributed by atoms with Crippen molar-refractivity contribution in [2.75, 3.05) is 51.7 Å². The number of benzene rings is 3. The summed E-state index contributed by atoms with van der Waals surface area (Å²) in [6.07, 6.45) is 0. The summed E-state index contributed by atoms with van der Waals surface area (Å²) in [6, 6.07) is 17.2. The van der Waals surface area contributed by atoms with Gasteiger partial charge in [0.1, 0.15) is 12.4 Å². The van der Waals surface area contributed by atoms with Crippen LogP contribution in [0.1, 0.15) is 16.7 Å². The number of hydrogen-bond acceptors (Lipinski definition) is 7. The van der Waals surface area contributed by atoms with Crippen LogP contribution in [0.15, 0.2) is 65.7 Å². The van der Waals surface area contributed by atoms with Crippen LogP contribution in [0.2, 0.25) is 0 Å². The molecule has 0 atom stereocenters. The minimum atomic E-state index is -0.413. The molecule has 206 valence electrons. The lowest BCUT2D eigenvalue weighted by Gasteiger charge is -2.32. The Morgan fingerprint density at radius 3 is 2.62 bits per heavy atom. The molecule has 0 saturated carbocycles. The first-order chi connectivity index (χ1) is 19.4. The summed E-state index contributed by atoms with van der Waals surface area (Å²) in [5, 5.41) is 11.5. The first-order valence-electron chi connectivity index (χ1n) is 13.2. The van der Waals surface area contributed by atoms with Crippen LogP contribution in [0.5, 0.6) is 11.6 Å². The van der Waals surface area contributed by atoms with E-state index in [0.29, 0.717) is 52.3 Å². The van der Waals surface area contributed by atoms with E-state index in [1.807, 2.05) is 42.5 Å². The molecule has 9 nitrogen and oxygen atoms in total. The van der Waals surface area contributed by atoms with Crippen molar-refractivity contribution in [2.45, 2.75) is 6.61 Å². The largest absolute Gasteiger partial charge is 0.494 e. The second-order valence-corrected chi connectivity index (χ2v) is 10.2. The van der Waals surface area contributed by atoms with Gasteiger partial charge in [0, 0.05) is 55.4 Å². The number of aromatic nitrogens is 1. The average molecular weight is 544 g/mol. The molecule has 4 aromatic rings. The van der Waals surface area contributed by atoms with Crippen LogP contribution in [0, 0.1) is 5.82 Å². The lowest BCUT2D eigenvalue weighted by Crippen LogP contribution is -2.48. The highest BCUT2D eigenvalue weighted by molar-refractivity contribution is 6.22. The van der Waals surface area contributed by atoms with Gasteiger partial charge in [0.2, 0.25) is 5.91 Å². The average Bonchev–Trinajstić information content (AvgIpc) is 3.55. The number of likely N-dealkylation sites (N-methyl/N-ethyl adjacent to an activating group) is 2. The minimum Gasteiger partial charge on any atom is -0.494 e. The zero-order valence-corrected chi connectivity index (χ0v) is 22.4. The van der Waals surface area contributed by atoms with E-state index in [1.165, 1.54) is 12.1 Å². The summed E-state index contributed by atoms with van der Waals surface area (Å²) in [7, 11) is 3.87. The molecule has 40 heavy (non-hydrogen) atoms. The summed E-state index contributed by atoms with van der Waals surface area (Å²) >= 11 is 0. The molecule has 0 radical (unpaired) electrons. The summed E-state index contributed by atoms with van der Waals surface area (Å²) < 4.78 is 13.9. The Labute approximate surface area is 231 Å². The molecule has 1 fully saturated rings. The van der Waals surface area contributed by atoms with Crippen LogP contribution >= 0.6 is 0 Å². The number of aromatic hydroxyl groups is 1. The predicted molar refractivity (Wildman–Crippen MR) is 151 cm³/mol. The van der Waals surface area contributed by atoms with Crippen molar-refractivity contribution in [3.8, 4) is 11.6 Å². The van der Waals surface area contributed by atoms with Gasteiger partial charge in [-0.15, -0.1) is 0 Å². The fraction of sp³-hybridized carbons (Fsp3) is 0.267. The number of rotatable bonds is 6. The van der Waals surface area contributed by atoms with E-state index < -0.39 is 5.82 Å². The molecule has 0 unspecified atom stereocenters. The highest BCUT2D eigenvalue weighted by atomic mass is 19.1. The summed E-state index contributed by atoms with van der Waals surface area (Å²) in [5.74, 6) is 0.0656. The van der Waals surface area contributed by atoms with E-state index in [4.69, 9.17) is 14.8 Å². The van der Waals surface area contributed by atoms with Crippen LogP contribution < -0.4 is 9.79 Å². The number of fused-ring (bicyclic) bond motifs is 2. The maximum absolute atomic E-state index is 13.9. The van der Waals surface area contributed by atoms with Gasteiger partial charge in [-0.25, -0.2) is 9.38 Å². The second kappa shape index (κ2) is 10.7. The number of piperazine rings is 1. The zero-order chi connectivity index (χ0) is 27.8. The van der Waals surface area contributed by atoms with E-state index in [0.717, 1.165) is 37.4 Å². The fourth-order valence-corrected chi connectivity index (χ4v) is 5.04. The quantitative estimate of drug-likeness (QED) is 0.280. The van der Waals surface area contributed by atoms with E-state index in [1.54, 1.807) is 18.0 Å². The third-order valence-electron chi connectivity index (χ3n) is 7.49. The topological polar surface area (TPSA) is 93.6 Å². The van der Waals surface area contributed by atoms with E-state index in [2.05, 4.69) is 21.8 Å². The van der Waals surface area contributed by atoms with Crippen LogP contribution in [0.25, 0.3) is 10.9 Å². The van der Waals surface area contributed by atoms with Crippen molar-refractivity contribution < 1.29 is 24.1 Å². The van der Waals surface area contributed by atoms with Gasteiger partial charge in [0.25, 0.3) is 0 Å². The van der Waals surface area contributed by atoms with Crippen LogP contribution in [-0.4, -0.2) is 78.3 Å². The van der Waals surface area contributed by atoms with Crippen LogP contribution in [-0.2, 0) is 16.3 Å². The number of nitrogens with one attached hydrogen (secondary N) is 1. The fourth-order valence-electron chi connectivity index (χ4n) is 5.04. The predicted octanol–water partition coefficient (Wildman–Crippen LogP) is 4.22. The molecule has 1 aromatic heterocycles. The van der Waals surface area contributed by atoms with Gasteiger partial charge >= 0.3 is 0 Å². The van der Waals surface area contributed by atoms with Gasteiger partial charge in [-0.3, -0.25) is 9.69 Å². The van der Waals surface area contributed by atoms with Gasteiger partial charge in [-0.2, -0.15) is 4.89 Å². The maximum atomic E-state index is 13.9. The number of anilines is 1. The normalized spacial score (nSPS) is 16.2. The van der Waals surface area contributed by atoms with Crippen LogP contribution in [0.3, 0.4) is 0 Å². The maximum Gasteiger partial charge on any atom is 0.240 e. The van der Waals surface area contributed by atoms with Crippen molar-refractivity contribution in [3.63, 3.8) is 0 Å². The molecule has 3 aromatic carbocycles. The Morgan fingerprint density at radius 1 is 1.07 bits per heavy atom. The van der Waals surface area contributed by atoms with Gasteiger partial charge < -0.3 is 24.8 Å². The number of aliphatic imine (C=N–C) groups is 1. The summed E-state index contributed by atoms with van der Waals surface area (Å²) in [6.45, 7) is 4.38. The molecule has 6 rings (SSSR count). The Kier molecular flexibility index (Phi) is 6.97. The Morgan fingerprint density at radius 2 is 1.85 bits per heavy atom. The van der Waals surface area contributed by atoms with Gasteiger partial charge in [-0.05, 0) is 55.6 Å². The summed E-state index contributed by atoms with van der Waals surface area (Å²) in [5.41, 5.74) is 4.34. The first-order valence-corrected chi connectivity index (χ1v) is 13.2. The third kappa shape index (κ3) is 5.16. The number of halogens is 1. The van der Waals surface area contributed by atoms with Crippen molar-refractivity contribution in [1.29, 1.82) is 0 Å². The van der Waals surface area contributed by atoms with Crippen molar-refractivity contribution in [1.82, 2.24) is 14.8 Å². The lowest BCUT2D eigenvalue weighted by molar-refractivity contribution is -0.194. The standard InChI is InChI=1S/C30H30FN5O4/c1-34-11-13-36(14-12-34)17-27(37)35(2)23-8-6-22(7-9-23)32-29(19-3-4-20-18-39-40-26(20)15-19)28-24-10-5-21(31)16-25(24)33-30(28)38/h3-10,15-16,33,38H,11-14,17-18H2,1-2H3. The molecule has 2 aliphatic heterocycles. The lowest BCUT2D eigenvalue weighted by atomic mass is 9.99. The number of hydrogen-bond donors (Lipinski definition) is 2. The number of carbonyl (C=O) groups excluding carboxylic acids is 1. The van der Waals surface area contributed by atoms with E-state index in [9.17, 15) is 14.3 Å². The Bertz CT molecular complexity index is 1590.